The van der Waals surface area contributed by atoms with E-state index in [4.69, 9.17) is 10.3 Å². The molecular weight excluding hydrogens is 366 g/mol. The first-order valence-electron chi connectivity index (χ1n) is 7.15. The summed E-state index contributed by atoms with van der Waals surface area (Å²) < 4.78 is 25.7. The second-order valence-electron chi connectivity index (χ2n) is 5.08. The third-order valence-corrected chi connectivity index (χ3v) is 4.62. The molecule has 0 spiro atoms. The fourth-order valence-corrected chi connectivity index (χ4v) is 2.93. The molecule has 0 aliphatic heterocycles. The lowest BCUT2D eigenvalue weighted by atomic mass is 10.2. The molecule has 26 heavy (non-hydrogen) atoms. The minimum atomic E-state index is -3.98. The van der Waals surface area contributed by atoms with Crippen molar-refractivity contribution in [3.63, 3.8) is 0 Å². The second-order valence-corrected chi connectivity index (χ2v) is 6.85. The van der Waals surface area contributed by atoms with Crippen LogP contribution in [0.25, 0.3) is 0 Å². The van der Waals surface area contributed by atoms with Crippen molar-refractivity contribution in [3.8, 4) is 0 Å². The summed E-state index contributed by atoms with van der Waals surface area (Å²) >= 11 is 0. The van der Waals surface area contributed by atoms with E-state index in [0.29, 0.717) is 0 Å². The molecule has 11 heteroatoms. The Bertz CT molecular complexity index is 911. The van der Waals surface area contributed by atoms with Crippen LogP contribution in [-0.4, -0.2) is 37.2 Å². The standard InChI is InChI=1S/C15H15N3O7S/c19-14(20)9-16-26(24,25)13-6-4-11(5-7-13)17-15(21)10-2-1-3-12(8-10)18(22)23/h1-8,16,18,22H,9H2,(H,17,21)(H,19,20). The summed E-state index contributed by atoms with van der Waals surface area (Å²) in [4.78, 5) is 22.4. The molecular formula is C15H15N3O7S. The van der Waals surface area contributed by atoms with Crippen LogP contribution >= 0.6 is 0 Å². The van der Waals surface area contributed by atoms with Gasteiger partial charge in [0.05, 0.1) is 4.90 Å². The van der Waals surface area contributed by atoms with Gasteiger partial charge in [0.15, 0.2) is 5.69 Å². The van der Waals surface area contributed by atoms with Crippen molar-refractivity contribution in [2.24, 2.45) is 0 Å². The molecule has 0 aliphatic carbocycles. The molecule has 0 saturated carbocycles. The van der Waals surface area contributed by atoms with E-state index in [1.54, 1.807) is 0 Å². The third-order valence-electron chi connectivity index (χ3n) is 3.21. The highest BCUT2D eigenvalue weighted by molar-refractivity contribution is 7.89. The van der Waals surface area contributed by atoms with Crippen LogP contribution < -0.4 is 15.3 Å². The van der Waals surface area contributed by atoms with E-state index >= 15 is 0 Å². The number of aliphatic carboxylic acids is 1. The Hall–Kier alpha value is -2.83. The third kappa shape index (κ3) is 5.08. The zero-order valence-electron chi connectivity index (χ0n) is 13.2. The van der Waals surface area contributed by atoms with E-state index in [9.17, 15) is 23.2 Å². The molecule has 5 N–H and O–H groups in total. The fraction of sp³-hybridized carbons (Fsp3) is 0.0667. The molecule has 0 radical (unpaired) electrons. The predicted molar refractivity (Wildman–Crippen MR) is 89.4 cm³/mol. The van der Waals surface area contributed by atoms with Crippen molar-refractivity contribution in [2.45, 2.75) is 4.90 Å². The van der Waals surface area contributed by atoms with Crippen LogP contribution in [0.5, 0.6) is 0 Å². The summed E-state index contributed by atoms with van der Waals surface area (Å²) in [6.45, 7) is -0.749. The van der Waals surface area contributed by atoms with Gasteiger partial charge in [-0.3, -0.25) is 9.59 Å². The second kappa shape index (κ2) is 8.03. The van der Waals surface area contributed by atoms with Gasteiger partial charge in [-0.2, -0.15) is 9.95 Å². The summed E-state index contributed by atoms with van der Waals surface area (Å²) in [6.07, 6.45) is 0. The highest BCUT2D eigenvalue weighted by Gasteiger charge is 2.15. The topological polar surface area (TPSA) is 160 Å². The maximum atomic E-state index is 12.1. The number of carbonyl (C=O) groups is 2. The van der Waals surface area contributed by atoms with Crippen LogP contribution in [0, 0.1) is 5.21 Å². The molecule has 2 aromatic rings. The van der Waals surface area contributed by atoms with E-state index < -0.39 is 33.7 Å². The van der Waals surface area contributed by atoms with Gasteiger partial charge >= 0.3 is 5.97 Å². The number of anilines is 1. The van der Waals surface area contributed by atoms with Crippen molar-refractivity contribution in [1.29, 1.82) is 0 Å². The molecule has 138 valence electrons. The maximum Gasteiger partial charge on any atom is 0.318 e. The first-order valence-corrected chi connectivity index (χ1v) is 8.63. The Labute approximate surface area is 148 Å². The van der Waals surface area contributed by atoms with Crippen LogP contribution in [0.4, 0.5) is 11.4 Å². The first kappa shape index (κ1) is 19.5. The lowest BCUT2D eigenvalue weighted by Crippen LogP contribution is -2.99. The number of amides is 1. The summed E-state index contributed by atoms with van der Waals surface area (Å²) in [6, 6.07) is 10.5. The number of nitrogens with one attached hydrogen (secondary N) is 3. The molecule has 0 aromatic heterocycles. The summed E-state index contributed by atoms with van der Waals surface area (Å²) in [5.74, 6) is -1.88. The molecule has 1 atom stereocenters. The van der Waals surface area contributed by atoms with Crippen molar-refractivity contribution in [1.82, 2.24) is 4.72 Å². The smallest absolute Gasteiger partial charge is 0.318 e. The van der Waals surface area contributed by atoms with Crippen molar-refractivity contribution in [2.75, 3.05) is 11.9 Å². The SMILES string of the molecule is O=C(O)CNS(=O)(=O)c1ccc(NC(=O)c2cccc([NH+]([O-])O)c2)cc1. The number of rotatable bonds is 7. The average molecular weight is 381 g/mol. The van der Waals surface area contributed by atoms with Gasteiger partial charge in [-0.05, 0) is 30.3 Å². The van der Waals surface area contributed by atoms with Gasteiger partial charge in [0.2, 0.25) is 10.0 Å². The molecule has 10 nitrogen and oxygen atoms in total. The first-order chi connectivity index (χ1) is 12.2. The number of carboxylic acids is 1. The van der Waals surface area contributed by atoms with Crippen molar-refractivity contribution >= 4 is 33.3 Å². The van der Waals surface area contributed by atoms with Gasteiger partial charge in [0, 0.05) is 23.4 Å². The van der Waals surface area contributed by atoms with Crippen LogP contribution in [0.3, 0.4) is 0 Å². The molecule has 0 fully saturated rings. The number of benzene rings is 2. The minimum Gasteiger partial charge on any atom is -0.595 e. The van der Waals surface area contributed by atoms with Crippen LogP contribution in [0.1, 0.15) is 10.4 Å². The predicted octanol–water partition coefficient (Wildman–Crippen LogP) is -0.295. The van der Waals surface area contributed by atoms with Crippen molar-refractivity contribution < 1.29 is 33.5 Å². The number of quaternary nitrogens is 1. The van der Waals surface area contributed by atoms with E-state index in [1.165, 1.54) is 48.5 Å². The number of hydrogen-bond acceptors (Lipinski definition) is 6. The van der Waals surface area contributed by atoms with Crippen molar-refractivity contribution in [3.05, 3.63) is 59.3 Å². The van der Waals surface area contributed by atoms with E-state index in [2.05, 4.69) is 5.32 Å². The molecule has 0 heterocycles. The molecule has 1 amide bonds. The molecule has 1 unspecified atom stereocenters. The highest BCUT2D eigenvalue weighted by Crippen LogP contribution is 2.15. The molecule has 2 aromatic carbocycles. The number of carboxylic acid groups (broad SMARTS) is 1. The van der Waals surface area contributed by atoms with Gasteiger partial charge < -0.3 is 15.6 Å². The Morgan fingerprint density at radius 2 is 1.77 bits per heavy atom. The molecule has 0 bridgehead atoms. The largest absolute Gasteiger partial charge is 0.595 e. The Balaban J connectivity index is 2.10. The summed E-state index contributed by atoms with van der Waals surface area (Å²) in [5.41, 5.74) is 0.376. The average Bonchev–Trinajstić information content (AvgIpc) is 2.60. The quantitative estimate of drug-likeness (QED) is 0.412. The Morgan fingerprint density at radius 1 is 1.12 bits per heavy atom. The molecule has 2 rings (SSSR count). The normalized spacial score (nSPS) is 12.4. The van der Waals surface area contributed by atoms with Crippen LogP contribution in [0.15, 0.2) is 53.4 Å². The fourth-order valence-electron chi connectivity index (χ4n) is 1.95. The van der Waals surface area contributed by atoms with Crippen LogP contribution in [-0.2, 0) is 14.8 Å². The Kier molecular flexibility index (Phi) is 6.02. The zero-order valence-corrected chi connectivity index (χ0v) is 14.0. The number of carbonyl (C=O) groups excluding carboxylic acids is 1. The van der Waals surface area contributed by atoms with E-state index in [0.717, 1.165) is 0 Å². The lowest BCUT2D eigenvalue weighted by Gasteiger charge is -2.12. The monoisotopic (exact) mass is 381 g/mol. The van der Waals surface area contributed by atoms with E-state index in [1.807, 2.05) is 4.72 Å². The summed E-state index contributed by atoms with van der Waals surface area (Å²) in [7, 11) is -3.98. The molecule has 0 saturated heterocycles. The van der Waals surface area contributed by atoms with Gasteiger partial charge in [-0.25, -0.2) is 13.6 Å². The number of sulfonamides is 1. The number of hydrogen-bond donors (Lipinski definition) is 5. The highest BCUT2D eigenvalue weighted by atomic mass is 32.2. The van der Waals surface area contributed by atoms with Gasteiger partial charge in [0.25, 0.3) is 5.91 Å². The summed E-state index contributed by atoms with van der Waals surface area (Å²) in [5, 5.41) is 29.7. The lowest BCUT2D eigenvalue weighted by molar-refractivity contribution is -0.991. The van der Waals surface area contributed by atoms with E-state index in [-0.39, 0.29) is 21.8 Å². The molecule has 0 aliphatic rings. The van der Waals surface area contributed by atoms with Crippen LogP contribution in [0.2, 0.25) is 0 Å². The maximum absolute atomic E-state index is 12.1. The van der Waals surface area contributed by atoms with Gasteiger partial charge in [-0.1, -0.05) is 6.07 Å². The Morgan fingerprint density at radius 3 is 2.35 bits per heavy atom. The van der Waals surface area contributed by atoms with Gasteiger partial charge in [0.1, 0.15) is 6.54 Å². The zero-order chi connectivity index (χ0) is 19.3. The van der Waals surface area contributed by atoms with Gasteiger partial charge in [-0.15, -0.1) is 0 Å². The minimum absolute atomic E-state index is 0.0383.